The van der Waals surface area contributed by atoms with Crippen LogP contribution in [0, 0.1) is 11.3 Å². The second kappa shape index (κ2) is 7.44. The van der Waals surface area contributed by atoms with Gasteiger partial charge in [0.05, 0.1) is 24.9 Å². The molecular weight excluding hydrogens is 388 g/mol. The molecule has 154 valence electrons. The van der Waals surface area contributed by atoms with Crippen LogP contribution in [-0.2, 0) is 24.1 Å². The average molecular weight is 415 g/mol. The van der Waals surface area contributed by atoms with Crippen LogP contribution in [0.5, 0.6) is 0 Å². The van der Waals surface area contributed by atoms with E-state index >= 15 is 0 Å². The lowest BCUT2D eigenvalue weighted by molar-refractivity contribution is 0.0488. The highest BCUT2D eigenvalue weighted by Crippen LogP contribution is 2.41. The van der Waals surface area contributed by atoms with E-state index < -0.39 is 5.97 Å². The van der Waals surface area contributed by atoms with E-state index in [4.69, 9.17) is 9.15 Å². The van der Waals surface area contributed by atoms with Gasteiger partial charge in [0.1, 0.15) is 10.6 Å². The Kier molecular flexibility index (Phi) is 5.11. The smallest absolute Gasteiger partial charge is 0.374 e. The van der Waals surface area contributed by atoms with Crippen molar-refractivity contribution in [3.05, 3.63) is 50.8 Å². The van der Waals surface area contributed by atoms with Crippen molar-refractivity contribution >= 4 is 27.5 Å². The van der Waals surface area contributed by atoms with Gasteiger partial charge in [-0.1, -0.05) is 20.8 Å². The zero-order chi connectivity index (χ0) is 20.8. The molecule has 0 spiro atoms. The Balaban J connectivity index is 1.64. The zero-order valence-corrected chi connectivity index (χ0v) is 18.1. The maximum atomic E-state index is 13.2. The number of esters is 1. The van der Waals surface area contributed by atoms with Crippen molar-refractivity contribution in [3.8, 4) is 0 Å². The number of hydrogen-bond acceptors (Lipinski definition) is 6. The highest BCUT2D eigenvalue weighted by atomic mass is 32.1. The van der Waals surface area contributed by atoms with Crippen LogP contribution in [0.3, 0.4) is 0 Å². The van der Waals surface area contributed by atoms with Crippen molar-refractivity contribution in [2.75, 3.05) is 6.61 Å². The Morgan fingerprint density at radius 3 is 2.90 bits per heavy atom. The summed E-state index contributed by atoms with van der Waals surface area (Å²) in [6, 6.07) is 3.27. The molecule has 1 aliphatic carbocycles. The topological polar surface area (TPSA) is 74.3 Å². The predicted molar refractivity (Wildman–Crippen MR) is 113 cm³/mol. The summed E-state index contributed by atoms with van der Waals surface area (Å²) in [7, 11) is 0. The van der Waals surface area contributed by atoms with E-state index in [1.165, 1.54) is 10.4 Å². The van der Waals surface area contributed by atoms with Crippen LogP contribution in [0.2, 0.25) is 0 Å². The quantitative estimate of drug-likeness (QED) is 0.591. The Labute approximate surface area is 173 Å². The number of aromatic nitrogens is 2. The third-order valence-electron chi connectivity index (χ3n) is 5.72. The molecule has 7 heteroatoms. The normalized spacial score (nSPS) is 16.8. The van der Waals surface area contributed by atoms with Gasteiger partial charge in [-0.2, -0.15) is 0 Å². The Bertz CT molecular complexity index is 1120. The molecule has 0 aliphatic heterocycles. The molecule has 0 N–H and O–H groups in total. The lowest BCUT2D eigenvalue weighted by Gasteiger charge is -2.33. The Morgan fingerprint density at radius 1 is 1.38 bits per heavy atom. The van der Waals surface area contributed by atoms with Gasteiger partial charge >= 0.3 is 5.97 Å². The van der Waals surface area contributed by atoms with Crippen LogP contribution in [0.1, 0.15) is 60.9 Å². The standard InChI is InChI=1S/C22H26N2O4S/c1-5-27-21(26)16-9-7-14(28-16)11-24-12-23-19-18(20(24)25)15-8-6-13(22(2,3)4)10-17(15)29-19/h7,9,12-13H,5-6,8,10-11H2,1-4H3. The molecule has 0 amide bonds. The molecule has 1 unspecified atom stereocenters. The molecule has 0 saturated carbocycles. The van der Waals surface area contributed by atoms with E-state index in [9.17, 15) is 9.59 Å². The monoisotopic (exact) mass is 414 g/mol. The van der Waals surface area contributed by atoms with Gasteiger partial charge in [0.15, 0.2) is 0 Å². The molecular formula is C22H26N2O4S. The van der Waals surface area contributed by atoms with E-state index in [0.717, 1.165) is 29.5 Å². The number of carbonyl (C=O) groups excluding carboxylic acids is 1. The van der Waals surface area contributed by atoms with Gasteiger partial charge in [-0.25, -0.2) is 9.78 Å². The number of nitrogens with zero attached hydrogens (tertiary/aromatic N) is 2. The minimum Gasteiger partial charge on any atom is -0.460 e. The Hall–Kier alpha value is -2.41. The summed E-state index contributed by atoms with van der Waals surface area (Å²) in [5.74, 6) is 0.785. The molecule has 0 bridgehead atoms. The zero-order valence-electron chi connectivity index (χ0n) is 17.3. The number of rotatable bonds is 4. The Morgan fingerprint density at radius 2 is 2.17 bits per heavy atom. The molecule has 3 aromatic rings. The number of aryl methyl sites for hydroxylation is 1. The van der Waals surface area contributed by atoms with Crippen molar-refractivity contribution in [1.29, 1.82) is 0 Å². The summed E-state index contributed by atoms with van der Waals surface area (Å²) in [4.78, 5) is 31.6. The lowest BCUT2D eigenvalue weighted by atomic mass is 9.72. The number of furan rings is 1. The molecule has 0 aromatic carbocycles. The van der Waals surface area contributed by atoms with Crippen molar-refractivity contribution in [1.82, 2.24) is 9.55 Å². The number of hydrogen-bond donors (Lipinski definition) is 0. The number of carbonyl (C=O) groups is 1. The molecule has 29 heavy (non-hydrogen) atoms. The minimum absolute atomic E-state index is 0.0456. The van der Waals surface area contributed by atoms with Crippen LogP contribution in [0.25, 0.3) is 10.2 Å². The molecule has 0 fully saturated rings. The van der Waals surface area contributed by atoms with E-state index in [-0.39, 0.29) is 29.9 Å². The summed E-state index contributed by atoms with van der Waals surface area (Å²) >= 11 is 1.65. The van der Waals surface area contributed by atoms with Gasteiger partial charge in [0.2, 0.25) is 5.76 Å². The fourth-order valence-electron chi connectivity index (χ4n) is 4.00. The van der Waals surface area contributed by atoms with Crippen molar-refractivity contribution in [2.24, 2.45) is 11.3 Å². The first-order valence-corrected chi connectivity index (χ1v) is 10.8. The summed E-state index contributed by atoms with van der Waals surface area (Å²) in [6.45, 7) is 9.12. The van der Waals surface area contributed by atoms with Crippen LogP contribution < -0.4 is 5.56 Å². The summed E-state index contributed by atoms with van der Waals surface area (Å²) in [5.41, 5.74) is 1.39. The minimum atomic E-state index is -0.500. The fraction of sp³-hybridized carbons (Fsp3) is 0.500. The maximum Gasteiger partial charge on any atom is 0.374 e. The fourth-order valence-corrected chi connectivity index (χ4v) is 5.25. The van der Waals surface area contributed by atoms with Gasteiger partial charge in [-0.05, 0) is 55.2 Å². The van der Waals surface area contributed by atoms with Gasteiger partial charge < -0.3 is 9.15 Å². The average Bonchev–Trinajstić information content (AvgIpc) is 3.27. The molecule has 1 atom stereocenters. The van der Waals surface area contributed by atoms with Crippen molar-refractivity contribution < 1.29 is 13.9 Å². The molecule has 3 heterocycles. The van der Waals surface area contributed by atoms with Crippen molar-refractivity contribution in [2.45, 2.75) is 53.5 Å². The summed E-state index contributed by atoms with van der Waals surface area (Å²) in [5, 5.41) is 0.747. The molecule has 0 saturated heterocycles. The highest BCUT2D eigenvalue weighted by molar-refractivity contribution is 7.18. The summed E-state index contributed by atoms with van der Waals surface area (Å²) in [6.07, 6.45) is 4.60. The van der Waals surface area contributed by atoms with Crippen LogP contribution in [0.15, 0.2) is 27.7 Å². The molecule has 1 aliphatic rings. The van der Waals surface area contributed by atoms with E-state index in [1.54, 1.807) is 41.3 Å². The second-order valence-corrected chi connectivity index (χ2v) is 9.74. The second-order valence-electron chi connectivity index (χ2n) is 8.65. The molecule has 6 nitrogen and oxygen atoms in total. The van der Waals surface area contributed by atoms with Crippen LogP contribution in [-0.4, -0.2) is 22.1 Å². The molecule has 3 aromatic heterocycles. The molecule has 0 radical (unpaired) electrons. The predicted octanol–water partition coefficient (Wildman–Crippen LogP) is 4.43. The maximum absolute atomic E-state index is 13.2. The van der Waals surface area contributed by atoms with E-state index in [0.29, 0.717) is 11.7 Å². The third kappa shape index (κ3) is 3.75. The van der Waals surface area contributed by atoms with Gasteiger partial charge in [0.25, 0.3) is 5.56 Å². The molecule has 4 rings (SSSR count). The van der Waals surface area contributed by atoms with Gasteiger partial charge in [-0.15, -0.1) is 11.3 Å². The first-order valence-electron chi connectivity index (χ1n) is 10.0. The SMILES string of the molecule is CCOC(=O)c1ccc(Cn2cnc3sc4c(c3c2=O)CCC(C(C)(C)C)C4)o1. The number of thiophene rings is 1. The van der Waals surface area contributed by atoms with Crippen molar-refractivity contribution in [3.63, 3.8) is 0 Å². The first-order chi connectivity index (χ1) is 13.8. The lowest BCUT2D eigenvalue weighted by Crippen LogP contribution is -2.27. The largest absolute Gasteiger partial charge is 0.460 e. The van der Waals surface area contributed by atoms with Crippen LogP contribution >= 0.6 is 11.3 Å². The van der Waals surface area contributed by atoms with Gasteiger partial charge in [0, 0.05) is 4.88 Å². The summed E-state index contributed by atoms with van der Waals surface area (Å²) < 4.78 is 12.1. The first kappa shape index (κ1) is 19.9. The number of ether oxygens (including phenoxy) is 1. The highest BCUT2D eigenvalue weighted by Gasteiger charge is 2.31. The van der Waals surface area contributed by atoms with Gasteiger partial charge in [-0.3, -0.25) is 9.36 Å². The third-order valence-corrected chi connectivity index (χ3v) is 6.89. The van der Waals surface area contributed by atoms with E-state index in [1.807, 2.05) is 0 Å². The van der Waals surface area contributed by atoms with E-state index in [2.05, 4.69) is 25.8 Å². The van der Waals surface area contributed by atoms with Crippen LogP contribution in [0.4, 0.5) is 0 Å². The number of fused-ring (bicyclic) bond motifs is 3.